The van der Waals surface area contributed by atoms with E-state index in [9.17, 15) is 0 Å². The van der Waals surface area contributed by atoms with Crippen LogP contribution in [0.2, 0.25) is 0 Å². The van der Waals surface area contributed by atoms with E-state index in [0.29, 0.717) is 0 Å². The standard InChI is InChI=1S/C14H20N4/c1-4-13-11(9-18(3)17-13)8-16-14-7-12(15)6-5-10(14)2/h5-7,9,16H,4,8,15H2,1-3H3. The van der Waals surface area contributed by atoms with Crippen molar-refractivity contribution in [2.45, 2.75) is 26.8 Å². The van der Waals surface area contributed by atoms with E-state index in [1.54, 1.807) is 0 Å². The molecule has 1 aromatic heterocycles. The summed E-state index contributed by atoms with van der Waals surface area (Å²) in [6.07, 6.45) is 3.02. The van der Waals surface area contributed by atoms with Gasteiger partial charge in [0, 0.05) is 36.7 Å². The summed E-state index contributed by atoms with van der Waals surface area (Å²) in [5, 5.41) is 7.86. The molecule has 1 heterocycles. The van der Waals surface area contributed by atoms with Crippen molar-refractivity contribution >= 4 is 11.4 Å². The average Bonchev–Trinajstić information content (AvgIpc) is 2.71. The molecule has 1 aromatic carbocycles. The smallest absolute Gasteiger partial charge is 0.0671 e. The first kappa shape index (κ1) is 12.5. The third-order valence-corrected chi connectivity index (χ3v) is 3.06. The molecular weight excluding hydrogens is 224 g/mol. The summed E-state index contributed by atoms with van der Waals surface area (Å²) in [5.41, 5.74) is 11.2. The zero-order chi connectivity index (χ0) is 13.1. The first-order valence-electron chi connectivity index (χ1n) is 6.21. The van der Waals surface area contributed by atoms with E-state index in [0.717, 1.165) is 30.0 Å². The highest BCUT2D eigenvalue weighted by atomic mass is 15.3. The Bertz CT molecular complexity index is 543. The second kappa shape index (κ2) is 5.12. The van der Waals surface area contributed by atoms with Gasteiger partial charge in [0.05, 0.1) is 5.69 Å². The van der Waals surface area contributed by atoms with Crippen LogP contribution >= 0.6 is 0 Å². The lowest BCUT2D eigenvalue weighted by atomic mass is 10.1. The molecule has 18 heavy (non-hydrogen) atoms. The lowest BCUT2D eigenvalue weighted by Crippen LogP contribution is -2.03. The van der Waals surface area contributed by atoms with Crippen molar-refractivity contribution < 1.29 is 0 Å². The number of nitrogens with zero attached hydrogens (tertiary/aromatic N) is 2. The van der Waals surface area contributed by atoms with Crippen LogP contribution in [0.4, 0.5) is 11.4 Å². The third kappa shape index (κ3) is 2.64. The van der Waals surface area contributed by atoms with Gasteiger partial charge in [-0.3, -0.25) is 4.68 Å². The zero-order valence-corrected chi connectivity index (χ0v) is 11.2. The fraction of sp³-hybridized carbons (Fsp3) is 0.357. The van der Waals surface area contributed by atoms with E-state index < -0.39 is 0 Å². The maximum atomic E-state index is 5.80. The molecule has 2 aromatic rings. The first-order chi connectivity index (χ1) is 8.60. The number of aromatic nitrogens is 2. The SMILES string of the molecule is CCc1nn(C)cc1CNc1cc(N)ccc1C. The topological polar surface area (TPSA) is 55.9 Å². The van der Waals surface area contributed by atoms with Crippen molar-refractivity contribution in [3.05, 3.63) is 41.2 Å². The average molecular weight is 244 g/mol. The van der Waals surface area contributed by atoms with Gasteiger partial charge in [-0.1, -0.05) is 13.0 Å². The molecule has 4 heteroatoms. The van der Waals surface area contributed by atoms with Gasteiger partial charge in [-0.15, -0.1) is 0 Å². The Morgan fingerprint density at radius 2 is 2.17 bits per heavy atom. The van der Waals surface area contributed by atoms with Crippen molar-refractivity contribution in [3.63, 3.8) is 0 Å². The highest BCUT2D eigenvalue weighted by Gasteiger charge is 2.06. The molecular formula is C14H20N4. The molecule has 96 valence electrons. The van der Waals surface area contributed by atoms with E-state index in [4.69, 9.17) is 5.73 Å². The molecule has 0 radical (unpaired) electrons. The van der Waals surface area contributed by atoms with Gasteiger partial charge >= 0.3 is 0 Å². The van der Waals surface area contributed by atoms with Crippen LogP contribution in [0.1, 0.15) is 23.7 Å². The summed E-state index contributed by atoms with van der Waals surface area (Å²) in [5.74, 6) is 0. The van der Waals surface area contributed by atoms with E-state index in [2.05, 4.69) is 30.5 Å². The monoisotopic (exact) mass is 244 g/mol. The van der Waals surface area contributed by atoms with Gasteiger partial charge < -0.3 is 11.1 Å². The molecule has 0 bridgehead atoms. The van der Waals surface area contributed by atoms with Crippen molar-refractivity contribution in [3.8, 4) is 0 Å². The molecule has 0 aliphatic rings. The van der Waals surface area contributed by atoms with Crippen LogP contribution in [-0.4, -0.2) is 9.78 Å². The van der Waals surface area contributed by atoms with Crippen LogP contribution in [0.5, 0.6) is 0 Å². The molecule has 2 rings (SSSR count). The quantitative estimate of drug-likeness (QED) is 0.812. The van der Waals surface area contributed by atoms with Crippen molar-refractivity contribution in [1.29, 1.82) is 0 Å². The fourth-order valence-corrected chi connectivity index (χ4v) is 2.05. The van der Waals surface area contributed by atoms with Gasteiger partial charge in [-0.25, -0.2) is 0 Å². The normalized spacial score (nSPS) is 10.6. The second-order valence-corrected chi connectivity index (χ2v) is 4.56. The van der Waals surface area contributed by atoms with Crippen LogP contribution < -0.4 is 11.1 Å². The molecule has 0 aliphatic carbocycles. The van der Waals surface area contributed by atoms with E-state index in [-0.39, 0.29) is 0 Å². The van der Waals surface area contributed by atoms with Crippen LogP contribution in [0, 0.1) is 6.92 Å². The van der Waals surface area contributed by atoms with Crippen LogP contribution in [-0.2, 0) is 20.0 Å². The minimum Gasteiger partial charge on any atom is -0.399 e. The Hall–Kier alpha value is -1.97. The Morgan fingerprint density at radius 3 is 2.89 bits per heavy atom. The maximum Gasteiger partial charge on any atom is 0.0671 e. The van der Waals surface area contributed by atoms with Crippen molar-refractivity contribution in [1.82, 2.24) is 9.78 Å². The van der Waals surface area contributed by atoms with Crippen LogP contribution in [0.25, 0.3) is 0 Å². The van der Waals surface area contributed by atoms with Gasteiger partial charge in [0.25, 0.3) is 0 Å². The molecule has 0 aliphatic heterocycles. The molecule has 3 N–H and O–H groups in total. The first-order valence-corrected chi connectivity index (χ1v) is 6.21. The fourth-order valence-electron chi connectivity index (χ4n) is 2.05. The highest BCUT2D eigenvalue weighted by Crippen LogP contribution is 2.19. The molecule has 0 fully saturated rings. The van der Waals surface area contributed by atoms with Gasteiger partial charge in [-0.2, -0.15) is 5.10 Å². The Kier molecular flexibility index (Phi) is 3.55. The minimum atomic E-state index is 0.779. The van der Waals surface area contributed by atoms with Gasteiger partial charge in [-0.05, 0) is 31.0 Å². The van der Waals surface area contributed by atoms with Gasteiger partial charge in [0.1, 0.15) is 0 Å². The van der Waals surface area contributed by atoms with Gasteiger partial charge in [0.2, 0.25) is 0 Å². The lowest BCUT2D eigenvalue weighted by Gasteiger charge is -2.10. The molecule has 0 saturated heterocycles. The summed E-state index contributed by atoms with van der Waals surface area (Å²) in [7, 11) is 1.95. The summed E-state index contributed by atoms with van der Waals surface area (Å²) in [6.45, 7) is 4.98. The van der Waals surface area contributed by atoms with Crippen LogP contribution in [0.15, 0.2) is 24.4 Å². The Morgan fingerprint density at radius 1 is 1.39 bits per heavy atom. The third-order valence-electron chi connectivity index (χ3n) is 3.06. The summed E-state index contributed by atoms with van der Waals surface area (Å²) < 4.78 is 1.86. The molecule has 0 atom stereocenters. The Balaban J connectivity index is 2.13. The maximum absolute atomic E-state index is 5.80. The number of aryl methyl sites for hydroxylation is 3. The number of hydrogen-bond donors (Lipinski definition) is 2. The number of nitrogen functional groups attached to an aromatic ring is 1. The predicted molar refractivity (Wildman–Crippen MR) is 75.5 cm³/mol. The van der Waals surface area contributed by atoms with E-state index in [1.165, 1.54) is 11.1 Å². The molecule has 0 spiro atoms. The van der Waals surface area contributed by atoms with E-state index >= 15 is 0 Å². The molecule has 4 nitrogen and oxygen atoms in total. The van der Waals surface area contributed by atoms with Crippen molar-refractivity contribution in [2.75, 3.05) is 11.1 Å². The largest absolute Gasteiger partial charge is 0.399 e. The summed E-state index contributed by atoms with van der Waals surface area (Å²) in [4.78, 5) is 0. The molecule has 0 unspecified atom stereocenters. The number of nitrogens with two attached hydrogens (primary N) is 1. The number of benzene rings is 1. The highest BCUT2D eigenvalue weighted by molar-refractivity contribution is 5.59. The Labute approximate surface area is 108 Å². The zero-order valence-electron chi connectivity index (χ0n) is 11.2. The molecule has 0 amide bonds. The minimum absolute atomic E-state index is 0.779. The number of rotatable bonds is 4. The van der Waals surface area contributed by atoms with E-state index in [1.807, 2.05) is 29.9 Å². The number of hydrogen-bond acceptors (Lipinski definition) is 3. The second-order valence-electron chi connectivity index (χ2n) is 4.56. The summed E-state index contributed by atoms with van der Waals surface area (Å²) >= 11 is 0. The van der Waals surface area contributed by atoms with Crippen LogP contribution in [0.3, 0.4) is 0 Å². The lowest BCUT2D eigenvalue weighted by molar-refractivity contribution is 0.746. The summed E-state index contributed by atoms with van der Waals surface area (Å²) in [6, 6.07) is 5.92. The predicted octanol–water partition coefficient (Wildman–Crippen LogP) is 2.49. The molecule has 0 saturated carbocycles. The number of nitrogens with one attached hydrogen (secondary N) is 1. The van der Waals surface area contributed by atoms with Gasteiger partial charge in [0.15, 0.2) is 0 Å². The van der Waals surface area contributed by atoms with Crippen molar-refractivity contribution in [2.24, 2.45) is 7.05 Å². The number of anilines is 2.